The number of aryl methyl sites for hydroxylation is 1. The van der Waals surface area contributed by atoms with Gasteiger partial charge in [-0.25, -0.2) is 4.79 Å². The highest BCUT2D eigenvalue weighted by atomic mass is 19.4. The van der Waals surface area contributed by atoms with E-state index in [9.17, 15) is 27.6 Å². The summed E-state index contributed by atoms with van der Waals surface area (Å²) < 4.78 is 49.2. The van der Waals surface area contributed by atoms with Crippen molar-refractivity contribution in [3.63, 3.8) is 0 Å². The highest BCUT2D eigenvalue weighted by Crippen LogP contribution is 2.28. The summed E-state index contributed by atoms with van der Waals surface area (Å²) in [6.45, 7) is 5.42. The van der Waals surface area contributed by atoms with E-state index >= 15 is 0 Å². The van der Waals surface area contributed by atoms with Crippen LogP contribution in [-0.4, -0.2) is 32.1 Å². The average Bonchev–Trinajstić information content (AvgIpc) is 3.15. The van der Waals surface area contributed by atoms with Crippen LogP contribution in [0.1, 0.15) is 40.0 Å². The molecule has 0 radical (unpaired) electrons. The molecule has 2 aromatic heterocycles. The molecule has 0 spiro atoms. The van der Waals surface area contributed by atoms with E-state index in [1.165, 1.54) is 35.9 Å². The first kappa shape index (κ1) is 25.1. The molecule has 3 aromatic rings. The number of rotatable bonds is 7. The number of fused-ring (bicyclic) bond motifs is 1. The lowest BCUT2D eigenvalue weighted by Crippen LogP contribution is -2.39. The Morgan fingerprint density at radius 1 is 1.09 bits per heavy atom. The molecule has 0 atom stereocenters. The average molecular weight is 481 g/mol. The molecule has 8 nitrogen and oxygen atoms in total. The van der Waals surface area contributed by atoms with Crippen LogP contribution in [0.4, 0.5) is 13.2 Å². The second-order valence-electron chi connectivity index (χ2n) is 8.86. The number of halogens is 3. The van der Waals surface area contributed by atoms with Crippen molar-refractivity contribution in [3.05, 3.63) is 51.2 Å². The van der Waals surface area contributed by atoms with E-state index in [1.807, 2.05) is 0 Å². The molecule has 34 heavy (non-hydrogen) atoms. The van der Waals surface area contributed by atoms with Crippen LogP contribution in [0.15, 0.2) is 39.9 Å². The van der Waals surface area contributed by atoms with E-state index < -0.39 is 29.0 Å². The van der Waals surface area contributed by atoms with Gasteiger partial charge in [-0.1, -0.05) is 12.1 Å². The number of unbranched alkanes of at least 4 members (excludes halogenated alkanes) is 1. The molecule has 1 N–H and O–H groups in total. The van der Waals surface area contributed by atoms with E-state index in [0.29, 0.717) is 29.6 Å². The molecule has 2 heterocycles. The predicted octanol–water partition coefficient (Wildman–Crippen LogP) is 4.11. The minimum atomic E-state index is -4.83. The second-order valence-corrected chi connectivity index (χ2v) is 8.86. The van der Waals surface area contributed by atoms with E-state index in [0.717, 1.165) is 4.57 Å². The zero-order valence-corrected chi connectivity index (χ0v) is 19.3. The third-order valence-corrected chi connectivity index (χ3v) is 4.95. The van der Waals surface area contributed by atoms with Gasteiger partial charge in [0.05, 0.1) is 5.52 Å². The maximum absolute atomic E-state index is 13.0. The summed E-state index contributed by atoms with van der Waals surface area (Å²) in [7, 11) is 1.50. The minimum Gasteiger partial charge on any atom is -0.460 e. The third-order valence-electron chi connectivity index (χ3n) is 4.95. The number of H-pyrrole nitrogens is 1. The van der Waals surface area contributed by atoms with Crippen LogP contribution in [0.5, 0.6) is 5.75 Å². The molecule has 0 aliphatic carbocycles. The Hall–Kier alpha value is -3.50. The first-order valence-electron chi connectivity index (χ1n) is 10.7. The van der Waals surface area contributed by atoms with Crippen molar-refractivity contribution in [2.24, 2.45) is 7.05 Å². The van der Waals surface area contributed by atoms with Gasteiger partial charge in [0.15, 0.2) is 0 Å². The molecule has 0 bridgehead atoms. The zero-order chi connectivity index (χ0) is 25.3. The number of aromatic nitrogens is 3. The number of hydrogen-bond acceptors (Lipinski definition) is 5. The Morgan fingerprint density at radius 2 is 1.79 bits per heavy atom. The van der Waals surface area contributed by atoms with Crippen molar-refractivity contribution < 1.29 is 27.4 Å². The number of nitrogens with one attached hydrogen (secondary N) is 1. The number of ether oxygens (including phenoxy) is 2. The van der Waals surface area contributed by atoms with E-state index in [1.54, 1.807) is 26.8 Å². The molecule has 0 fully saturated rings. The molecular formula is C23H26F3N3O5. The summed E-state index contributed by atoms with van der Waals surface area (Å²) in [6.07, 6.45) is -3.83. The van der Waals surface area contributed by atoms with Gasteiger partial charge in [0.1, 0.15) is 16.9 Å². The second kappa shape index (κ2) is 9.40. The zero-order valence-electron chi connectivity index (χ0n) is 19.3. The van der Waals surface area contributed by atoms with Crippen molar-refractivity contribution in [1.82, 2.24) is 14.1 Å². The van der Waals surface area contributed by atoms with E-state index in [4.69, 9.17) is 4.74 Å². The molecule has 3 rings (SSSR count). The van der Waals surface area contributed by atoms with Crippen molar-refractivity contribution >= 4 is 17.0 Å². The number of hydrogen-bond donors (Lipinski definition) is 1. The van der Waals surface area contributed by atoms with Crippen LogP contribution >= 0.6 is 0 Å². The standard InChI is InChI=1S/C23H26F3N3O5/c1-22(2,3)34-18(30)10-5-6-11-29-20(31)19-17(28(4)21(29)32)13-16(27-19)14-8-7-9-15(12-14)33-23(24,25)26/h7-9,12-13,27H,5-6,10-11H2,1-4H3. The van der Waals surface area contributed by atoms with Crippen LogP contribution in [0.25, 0.3) is 22.3 Å². The molecule has 0 saturated carbocycles. The molecular weight excluding hydrogens is 455 g/mol. The van der Waals surface area contributed by atoms with Gasteiger partial charge in [0, 0.05) is 31.3 Å². The summed E-state index contributed by atoms with van der Waals surface area (Å²) in [5, 5.41) is 0. The van der Waals surface area contributed by atoms with E-state index in [-0.39, 0.29) is 24.5 Å². The summed E-state index contributed by atoms with van der Waals surface area (Å²) in [5.41, 5.74) is -0.493. The number of alkyl halides is 3. The highest BCUT2D eigenvalue weighted by Gasteiger charge is 2.31. The topological polar surface area (TPSA) is 95.3 Å². The monoisotopic (exact) mass is 481 g/mol. The molecule has 1 aromatic carbocycles. The number of carbonyl (C=O) groups excluding carboxylic acids is 1. The van der Waals surface area contributed by atoms with Crippen molar-refractivity contribution in [3.8, 4) is 17.0 Å². The highest BCUT2D eigenvalue weighted by molar-refractivity contribution is 5.82. The molecule has 0 amide bonds. The fourth-order valence-corrected chi connectivity index (χ4v) is 3.52. The predicted molar refractivity (Wildman–Crippen MR) is 120 cm³/mol. The van der Waals surface area contributed by atoms with Crippen LogP contribution in [-0.2, 0) is 23.1 Å². The van der Waals surface area contributed by atoms with Crippen LogP contribution in [0.2, 0.25) is 0 Å². The maximum Gasteiger partial charge on any atom is 0.573 e. The Bertz CT molecular complexity index is 1310. The molecule has 184 valence electrons. The molecule has 11 heteroatoms. The van der Waals surface area contributed by atoms with Gasteiger partial charge in [0.25, 0.3) is 5.56 Å². The van der Waals surface area contributed by atoms with Gasteiger partial charge in [-0.15, -0.1) is 13.2 Å². The van der Waals surface area contributed by atoms with Gasteiger partial charge in [-0.2, -0.15) is 0 Å². The Labute approximate surface area is 192 Å². The lowest BCUT2D eigenvalue weighted by Gasteiger charge is -2.19. The van der Waals surface area contributed by atoms with Crippen molar-refractivity contribution in [1.29, 1.82) is 0 Å². The molecule has 0 saturated heterocycles. The van der Waals surface area contributed by atoms with Gasteiger partial charge >= 0.3 is 18.0 Å². The van der Waals surface area contributed by atoms with Gasteiger partial charge in [-0.05, 0) is 51.8 Å². The van der Waals surface area contributed by atoms with Crippen LogP contribution < -0.4 is 16.0 Å². The Balaban J connectivity index is 1.83. The number of aromatic amines is 1. The lowest BCUT2D eigenvalue weighted by atomic mass is 10.1. The van der Waals surface area contributed by atoms with E-state index in [2.05, 4.69) is 9.72 Å². The first-order chi connectivity index (χ1) is 15.7. The fraction of sp³-hybridized carbons (Fsp3) is 0.435. The SMILES string of the molecule is Cn1c(=O)n(CCCCC(=O)OC(C)(C)C)c(=O)c2[nH]c(-c3cccc(OC(F)(F)F)c3)cc21. The molecule has 0 aliphatic rings. The summed E-state index contributed by atoms with van der Waals surface area (Å²) in [4.78, 5) is 40.5. The van der Waals surface area contributed by atoms with Crippen LogP contribution in [0.3, 0.4) is 0 Å². The smallest absolute Gasteiger partial charge is 0.460 e. The van der Waals surface area contributed by atoms with Crippen molar-refractivity contribution in [2.75, 3.05) is 0 Å². The van der Waals surface area contributed by atoms with Gasteiger partial charge in [-0.3, -0.25) is 18.7 Å². The summed E-state index contributed by atoms with van der Waals surface area (Å²) >= 11 is 0. The molecule has 0 unspecified atom stereocenters. The number of carbonyl (C=O) groups is 1. The lowest BCUT2D eigenvalue weighted by molar-refractivity contribution is -0.274. The number of benzene rings is 1. The fourth-order valence-electron chi connectivity index (χ4n) is 3.52. The maximum atomic E-state index is 13.0. The van der Waals surface area contributed by atoms with Gasteiger partial charge in [0.2, 0.25) is 0 Å². The summed E-state index contributed by atoms with van der Waals surface area (Å²) in [6, 6.07) is 6.83. The summed E-state index contributed by atoms with van der Waals surface area (Å²) in [5.74, 6) is -0.756. The Kier molecular flexibility index (Phi) is 6.94. The molecule has 0 aliphatic heterocycles. The number of nitrogens with zero attached hydrogens (tertiary/aromatic N) is 2. The minimum absolute atomic E-state index is 0.105. The largest absolute Gasteiger partial charge is 0.573 e. The quantitative estimate of drug-likeness (QED) is 0.405. The van der Waals surface area contributed by atoms with Crippen LogP contribution in [0, 0.1) is 0 Å². The normalized spacial score (nSPS) is 12.2. The third kappa shape index (κ3) is 6.09. The Morgan fingerprint density at radius 3 is 2.44 bits per heavy atom. The first-order valence-corrected chi connectivity index (χ1v) is 10.7. The van der Waals surface area contributed by atoms with Crippen molar-refractivity contribution in [2.45, 2.75) is 58.5 Å². The van der Waals surface area contributed by atoms with Gasteiger partial charge < -0.3 is 14.5 Å². The number of esters is 1.